The third kappa shape index (κ3) is 4.83. The number of carbonyl (C=O) groups excluding carboxylic acids is 1. The minimum Gasteiger partial charge on any atom is -0.329 e. The molecule has 0 bridgehead atoms. The summed E-state index contributed by atoms with van der Waals surface area (Å²) in [5.41, 5.74) is 0.437. The van der Waals surface area contributed by atoms with E-state index in [2.05, 4.69) is 11.9 Å². The number of benzene rings is 1. The maximum atomic E-state index is 12.9. The maximum absolute atomic E-state index is 12.9. The molecule has 0 saturated carbocycles. The average Bonchev–Trinajstić information content (AvgIpc) is 2.43. The lowest BCUT2D eigenvalue weighted by atomic mass is 10.2. The molecule has 0 atom stereocenters. The molecule has 0 heterocycles. The molecule has 0 aliphatic heterocycles. The second-order valence-electron chi connectivity index (χ2n) is 3.57. The van der Waals surface area contributed by atoms with Gasteiger partial charge in [0.05, 0.1) is 0 Å². The van der Waals surface area contributed by atoms with Crippen molar-refractivity contribution in [1.29, 1.82) is 0 Å². The lowest BCUT2D eigenvalue weighted by Gasteiger charge is -1.99. The number of hydrogen-bond donors (Lipinski definition) is 1. The van der Waals surface area contributed by atoms with Crippen LogP contribution < -0.4 is 5.32 Å². The van der Waals surface area contributed by atoms with Gasteiger partial charge in [-0.05, 0) is 12.1 Å². The zero-order valence-corrected chi connectivity index (χ0v) is 10.00. The smallest absolute Gasteiger partial charge is 0.255 e. The van der Waals surface area contributed by atoms with Crippen LogP contribution >= 0.6 is 0 Å². The lowest BCUT2D eigenvalue weighted by molar-refractivity contribution is 0.0970. The number of halogens is 3. The Balaban J connectivity index is 2.50. The minimum atomic E-state index is -1.61. The van der Waals surface area contributed by atoms with Gasteiger partial charge in [-0.15, -0.1) is 0 Å². The van der Waals surface area contributed by atoms with Crippen molar-refractivity contribution in [2.75, 3.05) is 0 Å². The molecule has 19 heavy (non-hydrogen) atoms. The zero-order valence-electron chi connectivity index (χ0n) is 10.00. The quantitative estimate of drug-likeness (QED) is 0.804. The van der Waals surface area contributed by atoms with Crippen LogP contribution in [-0.2, 0) is 0 Å². The summed E-state index contributed by atoms with van der Waals surface area (Å²) in [5.74, 6) is -4.73. The van der Waals surface area contributed by atoms with Crippen LogP contribution in [0.3, 0.4) is 0 Å². The monoisotopic (exact) mass is 267 g/mol. The number of rotatable bonds is 5. The number of nitrogens with one attached hydrogen (secondary N) is 1. The van der Waals surface area contributed by atoms with Gasteiger partial charge in [0.1, 0.15) is 5.83 Å². The molecule has 100 valence electrons. The molecule has 1 aromatic rings. The Labute approximate surface area is 108 Å². The van der Waals surface area contributed by atoms with Crippen molar-refractivity contribution in [3.8, 4) is 0 Å². The van der Waals surface area contributed by atoms with Gasteiger partial charge in [-0.25, -0.2) is 13.2 Å². The Morgan fingerprint density at radius 2 is 1.84 bits per heavy atom. The summed E-state index contributed by atoms with van der Waals surface area (Å²) in [5, 5.41) is 2.38. The van der Waals surface area contributed by atoms with Crippen LogP contribution in [0.15, 0.2) is 66.7 Å². The number of amides is 1. The molecule has 1 N–H and O–H groups in total. The van der Waals surface area contributed by atoms with E-state index in [0.29, 0.717) is 5.56 Å². The van der Waals surface area contributed by atoms with E-state index in [4.69, 9.17) is 0 Å². The van der Waals surface area contributed by atoms with Gasteiger partial charge in [0, 0.05) is 18.2 Å². The van der Waals surface area contributed by atoms with E-state index in [-0.39, 0.29) is 5.91 Å². The first-order valence-electron chi connectivity index (χ1n) is 5.42. The fraction of sp³-hybridized carbons (Fsp3) is 0.0714. The highest BCUT2D eigenvalue weighted by molar-refractivity contribution is 5.94. The lowest BCUT2D eigenvalue weighted by Crippen LogP contribution is -2.16. The average molecular weight is 267 g/mol. The molecule has 0 radical (unpaired) electrons. The highest BCUT2D eigenvalue weighted by atomic mass is 19.2. The van der Waals surface area contributed by atoms with Gasteiger partial charge in [0.2, 0.25) is 0 Å². The van der Waals surface area contributed by atoms with Crippen LogP contribution in [0.25, 0.3) is 0 Å². The van der Waals surface area contributed by atoms with Gasteiger partial charge >= 0.3 is 0 Å². The molecule has 1 aromatic carbocycles. The van der Waals surface area contributed by atoms with Crippen molar-refractivity contribution >= 4 is 5.91 Å². The van der Waals surface area contributed by atoms with Crippen molar-refractivity contribution in [3.05, 3.63) is 72.2 Å². The summed E-state index contributed by atoms with van der Waals surface area (Å²) in [4.78, 5) is 11.5. The van der Waals surface area contributed by atoms with Crippen molar-refractivity contribution in [3.63, 3.8) is 0 Å². The summed E-state index contributed by atoms with van der Waals surface area (Å²) in [6, 6.07) is 8.37. The second kappa shape index (κ2) is 7.20. The third-order valence-corrected chi connectivity index (χ3v) is 2.14. The summed E-state index contributed by atoms with van der Waals surface area (Å²) < 4.78 is 37.9. The first-order chi connectivity index (χ1) is 9.02. The first-order valence-corrected chi connectivity index (χ1v) is 5.42. The fourth-order valence-corrected chi connectivity index (χ4v) is 1.21. The second-order valence-corrected chi connectivity index (χ2v) is 3.57. The molecule has 0 fully saturated rings. The summed E-state index contributed by atoms with van der Waals surface area (Å²) in [7, 11) is 0. The molecule has 1 amide bonds. The Bertz CT molecular complexity index is 521. The van der Waals surface area contributed by atoms with Gasteiger partial charge in [-0.2, -0.15) is 0 Å². The van der Waals surface area contributed by atoms with E-state index in [1.165, 1.54) is 12.3 Å². The highest BCUT2D eigenvalue weighted by Crippen LogP contribution is 2.19. The molecule has 0 aliphatic carbocycles. The van der Waals surface area contributed by atoms with Crippen LogP contribution in [0, 0.1) is 0 Å². The summed E-state index contributed by atoms with van der Waals surface area (Å²) in [6.45, 7) is 2.64. The third-order valence-electron chi connectivity index (χ3n) is 2.14. The predicted molar refractivity (Wildman–Crippen MR) is 67.2 cm³/mol. The molecule has 0 aliphatic rings. The molecule has 5 heteroatoms. The van der Waals surface area contributed by atoms with Crippen molar-refractivity contribution in [2.45, 2.75) is 6.42 Å². The SMILES string of the molecule is C=C(F)/C(F)=C(/F)C/C=C\NC(=O)c1ccccc1. The van der Waals surface area contributed by atoms with Crippen molar-refractivity contribution in [2.24, 2.45) is 0 Å². The molecule has 0 spiro atoms. The van der Waals surface area contributed by atoms with Crippen LogP contribution in [0.2, 0.25) is 0 Å². The number of allylic oxidation sites excluding steroid dienone is 4. The van der Waals surface area contributed by atoms with E-state index >= 15 is 0 Å². The largest absolute Gasteiger partial charge is 0.329 e. The maximum Gasteiger partial charge on any atom is 0.255 e. The van der Waals surface area contributed by atoms with Crippen LogP contribution in [0.1, 0.15) is 16.8 Å². The van der Waals surface area contributed by atoms with Gasteiger partial charge in [-0.1, -0.05) is 30.9 Å². The molecule has 0 unspecified atom stereocenters. The van der Waals surface area contributed by atoms with Crippen molar-refractivity contribution < 1.29 is 18.0 Å². The Morgan fingerprint density at radius 3 is 2.42 bits per heavy atom. The highest BCUT2D eigenvalue weighted by Gasteiger charge is 2.07. The van der Waals surface area contributed by atoms with Crippen molar-refractivity contribution in [1.82, 2.24) is 5.32 Å². The first kappa shape index (κ1) is 14.8. The van der Waals surface area contributed by atoms with Crippen LogP contribution in [0.5, 0.6) is 0 Å². The minimum absolute atomic E-state index is 0.378. The fourth-order valence-electron chi connectivity index (χ4n) is 1.21. The standard InChI is InChI=1S/C14H12F3NO/c1-10(15)13(17)12(16)8-5-9-18-14(19)11-6-3-2-4-7-11/h2-7,9H,1,8H2,(H,18,19)/b9-5-,13-12-. The predicted octanol–water partition coefficient (Wildman–Crippen LogP) is 3.95. The Hall–Kier alpha value is -2.30. The van der Waals surface area contributed by atoms with Gasteiger partial charge < -0.3 is 5.32 Å². The van der Waals surface area contributed by atoms with E-state index in [0.717, 1.165) is 0 Å². The molecular formula is C14H12F3NO. The summed E-state index contributed by atoms with van der Waals surface area (Å²) in [6.07, 6.45) is 1.87. The molecule has 0 saturated heterocycles. The van der Waals surface area contributed by atoms with Gasteiger partial charge in [-0.3, -0.25) is 4.79 Å². The number of hydrogen-bond acceptors (Lipinski definition) is 1. The van der Waals surface area contributed by atoms with E-state index in [9.17, 15) is 18.0 Å². The molecule has 1 rings (SSSR count). The topological polar surface area (TPSA) is 29.1 Å². The van der Waals surface area contributed by atoms with E-state index in [1.807, 2.05) is 0 Å². The zero-order chi connectivity index (χ0) is 14.3. The van der Waals surface area contributed by atoms with E-state index in [1.54, 1.807) is 30.3 Å². The summed E-state index contributed by atoms with van der Waals surface area (Å²) >= 11 is 0. The normalized spacial score (nSPS) is 12.2. The Morgan fingerprint density at radius 1 is 1.21 bits per heavy atom. The Kier molecular flexibility index (Phi) is 5.60. The number of carbonyl (C=O) groups is 1. The molecule has 0 aromatic heterocycles. The van der Waals surface area contributed by atoms with Gasteiger partial charge in [0.15, 0.2) is 11.7 Å². The van der Waals surface area contributed by atoms with Crippen LogP contribution in [0.4, 0.5) is 13.2 Å². The molecule has 2 nitrogen and oxygen atoms in total. The van der Waals surface area contributed by atoms with Crippen LogP contribution in [-0.4, -0.2) is 5.91 Å². The van der Waals surface area contributed by atoms with Gasteiger partial charge in [0.25, 0.3) is 5.91 Å². The van der Waals surface area contributed by atoms with E-state index < -0.39 is 23.9 Å². The molecular weight excluding hydrogens is 255 g/mol.